The van der Waals surface area contributed by atoms with Crippen molar-refractivity contribution in [3.05, 3.63) is 101 Å². The summed E-state index contributed by atoms with van der Waals surface area (Å²) in [4.78, 5) is 0. The summed E-state index contributed by atoms with van der Waals surface area (Å²) in [5.41, 5.74) is 1.93. The molecule has 1 nitrogen and oxygen atoms in total. The topological polar surface area (TPSA) is 9.23 Å². The molecule has 0 saturated carbocycles. The first-order valence-corrected chi connectivity index (χ1v) is 11.2. The molecule has 4 aromatic carbocycles. The van der Waals surface area contributed by atoms with Crippen molar-refractivity contribution in [2.75, 3.05) is 0 Å². The van der Waals surface area contributed by atoms with E-state index >= 15 is 4.39 Å². The fraction of sp³-hybridized carbons (Fsp3) is 0.214. The smallest absolute Gasteiger partial charge is 0.406 e. The molecule has 0 atom stereocenters. The molecular formula is C28H22F6O. The average Bonchev–Trinajstić information content (AvgIpc) is 2.78. The second-order valence-corrected chi connectivity index (χ2v) is 8.35. The van der Waals surface area contributed by atoms with E-state index in [1.165, 1.54) is 48.5 Å². The molecule has 0 bridgehead atoms. The number of hydrogen-bond donors (Lipinski definition) is 0. The van der Waals surface area contributed by atoms with E-state index in [4.69, 9.17) is 0 Å². The maximum atomic E-state index is 15.2. The molecule has 4 rings (SSSR count). The molecule has 0 aliphatic carbocycles. The zero-order valence-corrected chi connectivity index (χ0v) is 18.9. The Bertz CT molecular complexity index is 1320. The van der Waals surface area contributed by atoms with Gasteiger partial charge >= 0.3 is 6.36 Å². The summed E-state index contributed by atoms with van der Waals surface area (Å²) >= 11 is 0. The van der Waals surface area contributed by atoms with Crippen LogP contribution in [0, 0.1) is 17.5 Å². The van der Waals surface area contributed by atoms with Gasteiger partial charge in [-0.25, -0.2) is 13.2 Å². The van der Waals surface area contributed by atoms with Gasteiger partial charge in [-0.15, -0.1) is 13.2 Å². The number of halogens is 6. The summed E-state index contributed by atoms with van der Waals surface area (Å²) in [6.07, 6.45) is -2.68. The zero-order valence-electron chi connectivity index (χ0n) is 18.9. The fourth-order valence-corrected chi connectivity index (χ4v) is 4.16. The van der Waals surface area contributed by atoms with E-state index < -0.39 is 23.8 Å². The van der Waals surface area contributed by atoms with Gasteiger partial charge in [0.25, 0.3) is 0 Å². The third kappa shape index (κ3) is 5.78. The lowest BCUT2D eigenvalue weighted by atomic mass is 9.96. The van der Waals surface area contributed by atoms with Crippen LogP contribution >= 0.6 is 0 Å². The Labute approximate surface area is 199 Å². The van der Waals surface area contributed by atoms with Gasteiger partial charge in [0, 0.05) is 5.39 Å². The third-order valence-corrected chi connectivity index (χ3v) is 5.80. The van der Waals surface area contributed by atoms with E-state index in [-0.39, 0.29) is 11.3 Å². The van der Waals surface area contributed by atoms with Crippen molar-refractivity contribution in [3.63, 3.8) is 0 Å². The Morgan fingerprint density at radius 2 is 1.40 bits per heavy atom. The standard InChI is InChI=1S/C28H22F6O/c1-2-3-18-14-24(29)26(25(30)15-18)21-10-13-23-20(16-21)9-8-19(27(23)31)7-4-17-5-11-22(12-6-17)35-28(32,33)34/h5-6,8-16H,2-4,7H2,1H3. The highest BCUT2D eigenvalue weighted by atomic mass is 19.4. The van der Waals surface area contributed by atoms with Crippen molar-refractivity contribution in [2.24, 2.45) is 0 Å². The van der Waals surface area contributed by atoms with Gasteiger partial charge in [0.05, 0.1) is 5.56 Å². The van der Waals surface area contributed by atoms with Crippen molar-refractivity contribution in [3.8, 4) is 16.9 Å². The summed E-state index contributed by atoms with van der Waals surface area (Å²) in [7, 11) is 0. The van der Waals surface area contributed by atoms with Crippen LogP contribution in [0.1, 0.15) is 30.0 Å². The molecular weight excluding hydrogens is 466 g/mol. The van der Waals surface area contributed by atoms with Gasteiger partial charge in [0.1, 0.15) is 23.2 Å². The van der Waals surface area contributed by atoms with Gasteiger partial charge in [-0.2, -0.15) is 0 Å². The first kappa shape index (κ1) is 24.6. The lowest BCUT2D eigenvalue weighted by Crippen LogP contribution is -2.17. The molecule has 0 N–H and O–H groups in total. The van der Waals surface area contributed by atoms with Gasteiger partial charge in [0.15, 0.2) is 0 Å². The molecule has 0 saturated heterocycles. The van der Waals surface area contributed by atoms with Crippen LogP contribution in [-0.2, 0) is 19.3 Å². The van der Waals surface area contributed by atoms with Crippen LogP contribution in [0.4, 0.5) is 26.3 Å². The Kier molecular flexibility index (Phi) is 7.05. The van der Waals surface area contributed by atoms with Crippen molar-refractivity contribution in [1.82, 2.24) is 0 Å². The largest absolute Gasteiger partial charge is 0.573 e. The first-order valence-electron chi connectivity index (χ1n) is 11.2. The molecule has 0 unspecified atom stereocenters. The van der Waals surface area contributed by atoms with Crippen LogP contribution in [0.5, 0.6) is 5.75 Å². The van der Waals surface area contributed by atoms with E-state index in [9.17, 15) is 22.0 Å². The molecule has 0 radical (unpaired) electrons. The van der Waals surface area contributed by atoms with Crippen LogP contribution < -0.4 is 4.74 Å². The highest BCUT2D eigenvalue weighted by Gasteiger charge is 2.30. The second-order valence-electron chi connectivity index (χ2n) is 8.35. The van der Waals surface area contributed by atoms with Crippen LogP contribution in [0.15, 0.2) is 66.7 Å². The number of alkyl halides is 3. The minimum absolute atomic E-state index is 0.144. The molecule has 0 spiro atoms. The summed E-state index contributed by atoms with van der Waals surface area (Å²) in [6, 6.07) is 16.0. The molecule has 4 aromatic rings. The fourth-order valence-electron chi connectivity index (χ4n) is 4.16. The second kappa shape index (κ2) is 10.0. The third-order valence-electron chi connectivity index (χ3n) is 5.80. The lowest BCUT2D eigenvalue weighted by molar-refractivity contribution is -0.274. The first-order chi connectivity index (χ1) is 16.6. The quantitative estimate of drug-likeness (QED) is 0.237. The van der Waals surface area contributed by atoms with Crippen LogP contribution in [0.3, 0.4) is 0 Å². The molecule has 0 amide bonds. The summed E-state index contributed by atoms with van der Waals surface area (Å²) in [6.45, 7) is 1.93. The number of fused-ring (bicyclic) bond motifs is 1. The van der Waals surface area contributed by atoms with Crippen molar-refractivity contribution >= 4 is 10.8 Å². The van der Waals surface area contributed by atoms with Crippen LogP contribution in [-0.4, -0.2) is 6.36 Å². The molecule has 0 heterocycles. The predicted molar refractivity (Wildman–Crippen MR) is 124 cm³/mol. The number of benzene rings is 4. The molecule has 35 heavy (non-hydrogen) atoms. The van der Waals surface area contributed by atoms with Crippen molar-refractivity contribution in [1.29, 1.82) is 0 Å². The van der Waals surface area contributed by atoms with Gasteiger partial charge in [0.2, 0.25) is 0 Å². The zero-order chi connectivity index (χ0) is 25.2. The van der Waals surface area contributed by atoms with E-state index in [0.717, 1.165) is 12.0 Å². The van der Waals surface area contributed by atoms with E-state index in [2.05, 4.69) is 4.74 Å². The Hall–Kier alpha value is -3.48. The average molecular weight is 488 g/mol. The van der Waals surface area contributed by atoms with E-state index in [1.807, 2.05) is 6.92 Å². The van der Waals surface area contributed by atoms with Crippen molar-refractivity contribution in [2.45, 2.75) is 39.0 Å². The van der Waals surface area contributed by atoms with Gasteiger partial charge in [-0.3, -0.25) is 0 Å². The van der Waals surface area contributed by atoms with E-state index in [0.29, 0.717) is 46.7 Å². The summed E-state index contributed by atoms with van der Waals surface area (Å²) < 4.78 is 85.2. The molecule has 182 valence electrons. The Morgan fingerprint density at radius 3 is 2.03 bits per heavy atom. The minimum Gasteiger partial charge on any atom is -0.406 e. The number of hydrogen-bond acceptors (Lipinski definition) is 1. The summed E-state index contributed by atoms with van der Waals surface area (Å²) in [5, 5.41) is 0.831. The highest BCUT2D eigenvalue weighted by Crippen LogP contribution is 2.32. The summed E-state index contributed by atoms with van der Waals surface area (Å²) in [5.74, 6) is -2.07. The van der Waals surface area contributed by atoms with Crippen LogP contribution in [0.25, 0.3) is 21.9 Å². The number of aryl methyl sites for hydroxylation is 3. The van der Waals surface area contributed by atoms with Crippen LogP contribution in [0.2, 0.25) is 0 Å². The SMILES string of the molecule is CCCc1cc(F)c(-c2ccc3c(F)c(CCc4ccc(OC(F)(F)F)cc4)ccc3c2)c(F)c1. The van der Waals surface area contributed by atoms with Gasteiger partial charge in [-0.05, 0) is 77.2 Å². The predicted octanol–water partition coefficient (Wildman–Crippen LogP) is 8.56. The molecule has 0 fully saturated rings. The Balaban J connectivity index is 1.54. The Morgan fingerprint density at radius 1 is 0.714 bits per heavy atom. The number of rotatable bonds is 7. The monoisotopic (exact) mass is 488 g/mol. The molecule has 7 heteroatoms. The molecule has 0 aromatic heterocycles. The minimum atomic E-state index is -4.76. The van der Waals surface area contributed by atoms with Gasteiger partial charge < -0.3 is 4.74 Å². The van der Waals surface area contributed by atoms with Crippen molar-refractivity contribution < 1.29 is 31.1 Å². The molecule has 0 aliphatic heterocycles. The van der Waals surface area contributed by atoms with E-state index in [1.54, 1.807) is 18.2 Å². The normalized spacial score (nSPS) is 11.7. The maximum absolute atomic E-state index is 15.2. The molecule has 0 aliphatic rings. The highest BCUT2D eigenvalue weighted by molar-refractivity contribution is 5.88. The lowest BCUT2D eigenvalue weighted by Gasteiger charge is -2.12. The number of ether oxygens (including phenoxy) is 1. The maximum Gasteiger partial charge on any atom is 0.573 e. The van der Waals surface area contributed by atoms with Gasteiger partial charge in [-0.1, -0.05) is 49.7 Å².